The predicted octanol–water partition coefficient (Wildman–Crippen LogP) is 1.13. The molecule has 98 valence electrons. The average molecular weight is 249 g/mol. The van der Waals surface area contributed by atoms with E-state index in [2.05, 4.69) is 22.2 Å². The number of nitrogens with zero attached hydrogens (tertiary/aromatic N) is 3. The molecule has 18 heavy (non-hydrogen) atoms. The quantitative estimate of drug-likeness (QED) is 0.714. The van der Waals surface area contributed by atoms with E-state index >= 15 is 0 Å². The molecule has 0 spiro atoms. The van der Waals surface area contributed by atoms with Gasteiger partial charge in [0, 0.05) is 25.5 Å². The third-order valence-corrected chi connectivity index (χ3v) is 3.07. The zero-order valence-corrected chi connectivity index (χ0v) is 10.5. The molecule has 0 saturated heterocycles. The number of nitrogens with one attached hydrogen (secondary N) is 1. The molecule has 2 rings (SSSR count). The minimum Gasteiger partial charge on any atom is -0.396 e. The fourth-order valence-electron chi connectivity index (χ4n) is 1.94. The van der Waals surface area contributed by atoms with Crippen LogP contribution in [-0.4, -0.2) is 32.6 Å². The van der Waals surface area contributed by atoms with Crippen molar-refractivity contribution in [3.8, 4) is 0 Å². The smallest absolute Gasteiger partial charge is 0.180 e. The number of nitrogens with two attached hydrogens (primary N) is 1. The van der Waals surface area contributed by atoms with Crippen LogP contribution in [0.3, 0.4) is 0 Å². The summed E-state index contributed by atoms with van der Waals surface area (Å²) in [7, 11) is 0. The van der Waals surface area contributed by atoms with Crippen LogP contribution in [0.4, 0.5) is 11.6 Å². The number of rotatable bonds is 6. The lowest BCUT2D eigenvalue weighted by atomic mass is 10.0. The van der Waals surface area contributed by atoms with Gasteiger partial charge in [0.25, 0.3) is 0 Å². The van der Waals surface area contributed by atoms with E-state index in [1.807, 2.05) is 10.6 Å². The van der Waals surface area contributed by atoms with Crippen LogP contribution < -0.4 is 11.1 Å². The summed E-state index contributed by atoms with van der Waals surface area (Å²) >= 11 is 0. The molecule has 1 unspecified atom stereocenters. The van der Waals surface area contributed by atoms with Crippen LogP contribution in [0.1, 0.15) is 19.8 Å². The Hall–Kier alpha value is -1.82. The lowest BCUT2D eigenvalue weighted by Gasteiger charge is -2.15. The molecule has 2 aromatic heterocycles. The third kappa shape index (κ3) is 2.70. The molecule has 6 nitrogen and oxygen atoms in total. The van der Waals surface area contributed by atoms with Crippen LogP contribution >= 0.6 is 0 Å². The highest BCUT2D eigenvalue weighted by Gasteiger charge is 2.09. The van der Waals surface area contributed by atoms with Crippen molar-refractivity contribution in [3.63, 3.8) is 0 Å². The largest absolute Gasteiger partial charge is 0.396 e. The van der Waals surface area contributed by atoms with Gasteiger partial charge in [0.05, 0.1) is 6.20 Å². The van der Waals surface area contributed by atoms with E-state index in [4.69, 9.17) is 10.8 Å². The van der Waals surface area contributed by atoms with Gasteiger partial charge in [0.2, 0.25) is 0 Å². The first-order chi connectivity index (χ1) is 8.74. The summed E-state index contributed by atoms with van der Waals surface area (Å²) in [4.78, 5) is 8.50. The molecule has 2 aromatic rings. The standard InChI is InChI=1S/C12H19N5O/c1-2-9(3-6-18)7-15-11-12-14-4-5-17(12)8-10(13)16-11/h4-5,8-9,18H,2-3,6-7,13H2,1H3,(H,15,16). The Bertz CT molecular complexity index is 510. The number of hydrogen-bond acceptors (Lipinski definition) is 5. The van der Waals surface area contributed by atoms with Gasteiger partial charge in [-0.2, -0.15) is 0 Å². The van der Waals surface area contributed by atoms with Crippen molar-refractivity contribution in [3.05, 3.63) is 18.6 Å². The molecule has 0 amide bonds. The first-order valence-corrected chi connectivity index (χ1v) is 6.18. The van der Waals surface area contributed by atoms with Crippen molar-refractivity contribution in [2.75, 3.05) is 24.2 Å². The van der Waals surface area contributed by atoms with Gasteiger partial charge in [0.1, 0.15) is 5.82 Å². The molecule has 0 radical (unpaired) electrons. The average Bonchev–Trinajstić information content (AvgIpc) is 2.82. The number of aliphatic hydroxyl groups excluding tert-OH is 1. The lowest BCUT2D eigenvalue weighted by molar-refractivity contribution is 0.258. The minimum absolute atomic E-state index is 0.212. The van der Waals surface area contributed by atoms with E-state index in [0.717, 1.165) is 25.0 Å². The highest BCUT2D eigenvalue weighted by Crippen LogP contribution is 2.16. The van der Waals surface area contributed by atoms with E-state index in [0.29, 0.717) is 17.6 Å². The van der Waals surface area contributed by atoms with Gasteiger partial charge in [-0.3, -0.25) is 0 Å². The normalized spacial score (nSPS) is 12.8. The van der Waals surface area contributed by atoms with Crippen LogP contribution in [0.15, 0.2) is 18.6 Å². The van der Waals surface area contributed by atoms with E-state index in [1.165, 1.54) is 0 Å². The number of hydrogen-bond donors (Lipinski definition) is 3. The number of fused-ring (bicyclic) bond motifs is 1. The third-order valence-electron chi connectivity index (χ3n) is 3.07. The zero-order valence-electron chi connectivity index (χ0n) is 10.5. The number of aromatic nitrogens is 3. The van der Waals surface area contributed by atoms with E-state index < -0.39 is 0 Å². The molecule has 0 saturated carbocycles. The van der Waals surface area contributed by atoms with Crippen LogP contribution in [0.5, 0.6) is 0 Å². The molecule has 2 heterocycles. The van der Waals surface area contributed by atoms with Gasteiger partial charge in [0.15, 0.2) is 11.5 Å². The Morgan fingerprint density at radius 2 is 2.39 bits per heavy atom. The highest BCUT2D eigenvalue weighted by molar-refractivity contribution is 5.64. The van der Waals surface area contributed by atoms with E-state index in [1.54, 1.807) is 12.4 Å². The molecule has 0 aliphatic rings. The molecule has 6 heteroatoms. The maximum Gasteiger partial charge on any atom is 0.180 e. The molecule has 4 N–H and O–H groups in total. The van der Waals surface area contributed by atoms with Crippen LogP contribution in [-0.2, 0) is 0 Å². The van der Waals surface area contributed by atoms with Crippen molar-refractivity contribution in [2.45, 2.75) is 19.8 Å². The van der Waals surface area contributed by atoms with Crippen LogP contribution in [0.2, 0.25) is 0 Å². The summed E-state index contributed by atoms with van der Waals surface area (Å²) in [5, 5.41) is 12.2. The molecule has 0 fully saturated rings. The van der Waals surface area contributed by atoms with Gasteiger partial charge in [-0.05, 0) is 12.3 Å². The first-order valence-electron chi connectivity index (χ1n) is 6.18. The molecule has 1 atom stereocenters. The molecular weight excluding hydrogens is 230 g/mol. The Balaban J connectivity index is 2.13. The summed E-state index contributed by atoms with van der Waals surface area (Å²) < 4.78 is 1.84. The molecular formula is C12H19N5O. The molecule has 0 aromatic carbocycles. The van der Waals surface area contributed by atoms with Crippen molar-refractivity contribution in [2.24, 2.45) is 5.92 Å². The van der Waals surface area contributed by atoms with Crippen molar-refractivity contribution in [1.29, 1.82) is 0 Å². The van der Waals surface area contributed by atoms with Gasteiger partial charge >= 0.3 is 0 Å². The zero-order chi connectivity index (χ0) is 13.0. The van der Waals surface area contributed by atoms with Crippen molar-refractivity contribution < 1.29 is 5.11 Å². The second-order valence-electron chi connectivity index (χ2n) is 4.34. The van der Waals surface area contributed by atoms with Gasteiger partial charge in [-0.25, -0.2) is 9.97 Å². The lowest BCUT2D eigenvalue weighted by Crippen LogP contribution is -2.16. The molecule has 0 aliphatic heterocycles. The van der Waals surface area contributed by atoms with E-state index in [-0.39, 0.29) is 6.61 Å². The Labute approximate surface area is 106 Å². The summed E-state index contributed by atoms with van der Waals surface area (Å²) in [5.41, 5.74) is 6.51. The van der Waals surface area contributed by atoms with Gasteiger partial charge < -0.3 is 20.6 Å². The topological polar surface area (TPSA) is 88.5 Å². The summed E-state index contributed by atoms with van der Waals surface area (Å²) in [6.45, 7) is 3.08. The predicted molar refractivity (Wildman–Crippen MR) is 71.4 cm³/mol. The SMILES string of the molecule is CCC(CCO)CNc1nc(N)cn2ccnc12. The highest BCUT2D eigenvalue weighted by atomic mass is 16.3. The summed E-state index contributed by atoms with van der Waals surface area (Å²) in [6, 6.07) is 0. The molecule has 0 aliphatic carbocycles. The Morgan fingerprint density at radius 3 is 3.11 bits per heavy atom. The first kappa shape index (κ1) is 12.6. The Morgan fingerprint density at radius 1 is 1.56 bits per heavy atom. The van der Waals surface area contributed by atoms with Crippen molar-refractivity contribution >= 4 is 17.3 Å². The van der Waals surface area contributed by atoms with E-state index in [9.17, 15) is 0 Å². The van der Waals surface area contributed by atoms with Crippen LogP contribution in [0, 0.1) is 5.92 Å². The van der Waals surface area contributed by atoms with Gasteiger partial charge in [-0.1, -0.05) is 13.3 Å². The summed E-state index contributed by atoms with van der Waals surface area (Å²) in [5.74, 6) is 1.57. The maximum absolute atomic E-state index is 8.97. The van der Waals surface area contributed by atoms with Gasteiger partial charge in [-0.15, -0.1) is 0 Å². The number of imidazole rings is 1. The minimum atomic E-state index is 0.212. The second-order valence-corrected chi connectivity index (χ2v) is 4.34. The van der Waals surface area contributed by atoms with Crippen molar-refractivity contribution in [1.82, 2.24) is 14.4 Å². The second kappa shape index (κ2) is 5.68. The number of anilines is 2. The fraction of sp³-hybridized carbons (Fsp3) is 0.500. The molecule has 0 bridgehead atoms. The number of aliphatic hydroxyl groups is 1. The maximum atomic E-state index is 8.97. The summed E-state index contributed by atoms with van der Waals surface area (Å²) in [6.07, 6.45) is 7.09. The van der Waals surface area contributed by atoms with Crippen LogP contribution in [0.25, 0.3) is 5.65 Å². The monoisotopic (exact) mass is 249 g/mol. The fourth-order valence-corrected chi connectivity index (χ4v) is 1.94. The Kier molecular flexibility index (Phi) is 3.99. The number of nitrogen functional groups attached to an aromatic ring is 1.